The second kappa shape index (κ2) is 3.86. The number of rotatable bonds is 2. The van der Waals surface area contributed by atoms with Gasteiger partial charge in [-0.25, -0.2) is 0 Å². The van der Waals surface area contributed by atoms with Crippen LogP contribution in [-0.4, -0.2) is 10.2 Å². The van der Waals surface area contributed by atoms with E-state index in [0.717, 1.165) is 5.56 Å². The quantitative estimate of drug-likeness (QED) is 0.711. The van der Waals surface area contributed by atoms with Crippen molar-refractivity contribution in [3.8, 4) is 11.5 Å². The van der Waals surface area contributed by atoms with Crippen LogP contribution in [0.5, 0.6) is 11.5 Å². The molecule has 0 aliphatic heterocycles. The zero-order valence-corrected chi connectivity index (χ0v) is 9.15. The third-order valence-electron chi connectivity index (χ3n) is 2.29. The van der Waals surface area contributed by atoms with Gasteiger partial charge in [-0.15, -0.1) is 0 Å². The minimum atomic E-state index is -0.0510. The number of hydrogen-bond acceptors (Lipinski definition) is 2. The van der Waals surface area contributed by atoms with Gasteiger partial charge in [0.25, 0.3) is 0 Å². The van der Waals surface area contributed by atoms with Crippen molar-refractivity contribution in [3.05, 3.63) is 18.0 Å². The van der Waals surface area contributed by atoms with E-state index in [1.807, 2.05) is 38.5 Å². The van der Waals surface area contributed by atoms with Gasteiger partial charge in [0.05, 0.1) is 5.56 Å². The van der Waals surface area contributed by atoms with Gasteiger partial charge in [-0.1, -0.05) is 13.8 Å². The van der Waals surface area contributed by atoms with Crippen molar-refractivity contribution in [3.63, 3.8) is 0 Å². The molecule has 0 unspecified atom stereocenters. The minimum Gasteiger partial charge on any atom is -0.504 e. The van der Waals surface area contributed by atoms with Crippen LogP contribution in [-0.2, 0) is 0 Å². The molecule has 0 aliphatic carbocycles. The van der Waals surface area contributed by atoms with Crippen LogP contribution in [0, 0.1) is 0 Å². The number of nitrogens with zero attached hydrogens (tertiary/aromatic N) is 1. The van der Waals surface area contributed by atoms with Crippen LogP contribution >= 0.6 is 0 Å². The van der Waals surface area contributed by atoms with Crippen LogP contribution in [0.1, 0.15) is 45.2 Å². The summed E-state index contributed by atoms with van der Waals surface area (Å²) in [5, 5.41) is 19.1. The number of aromatic nitrogens is 1. The predicted octanol–water partition coefficient (Wildman–Crippen LogP) is 2.09. The van der Waals surface area contributed by atoms with Crippen molar-refractivity contribution < 1.29 is 14.8 Å². The van der Waals surface area contributed by atoms with Crippen LogP contribution in [0.25, 0.3) is 0 Å². The molecule has 1 rings (SSSR count). The standard InChI is InChI=1S/C11H17NO2/c1-7(2)9-5-12(8(3)4)6-10(13)11(9)14/h5-8,13H,1-4H3/p+1. The van der Waals surface area contributed by atoms with E-state index in [1.54, 1.807) is 6.20 Å². The average molecular weight is 196 g/mol. The van der Waals surface area contributed by atoms with E-state index >= 15 is 0 Å². The van der Waals surface area contributed by atoms with Gasteiger partial charge in [0.2, 0.25) is 11.9 Å². The highest BCUT2D eigenvalue weighted by atomic mass is 16.3. The zero-order valence-electron chi connectivity index (χ0n) is 9.15. The minimum absolute atomic E-state index is 0.00287. The first-order valence-electron chi connectivity index (χ1n) is 4.90. The van der Waals surface area contributed by atoms with Crippen molar-refractivity contribution in [2.45, 2.75) is 39.7 Å². The highest BCUT2D eigenvalue weighted by molar-refractivity contribution is 5.41. The van der Waals surface area contributed by atoms with E-state index in [4.69, 9.17) is 0 Å². The Bertz CT molecular complexity index is 332. The molecule has 0 radical (unpaired) electrons. The van der Waals surface area contributed by atoms with Crippen LogP contribution in [0.15, 0.2) is 12.4 Å². The third-order valence-corrected chi connectivity index (χ3v) is 2.29. The zero-order chi connectivity index (χ0) is 10.9. The Morgan fingerprint density at radius 1 is 1.07 bits per heavy atom. The molecule has 1 aromatic rings. The van der Waals surface area contributed by atoms with Gasteiger partial charge in [-0.3, -0.25) is 0 Å². The molecule has 3 heteroatoms. The van der Waals surface area contributed by atoms with Crippen LogP contribution in [0.2, 0.25) is 0 Å². The van der Waals surface area contributed by atoms with E-state index in [-0.39, 0.29) is 23.5 Å². The number of pyridine rings is 1. The normalized spacial score (nSPS) is 11.3. The first-order valence-corrected chi connectivity index (χ1v) is 4.90. The Morgan fingerprint density at radius 2 is 1.64 bits per heavy atom. The summed E-state index contributed by atoms with van der Waals surface area (Å²) >= 11 is 0. The van der Waals surface area contributed by atoms with Gasteiger partial charge < -0.3 is 10.2 Å². The topological polar surface area (TPSA) is 44.3 Å². The maximum atomic E-state index is 9.61. The Kier molecular flexibility index (Phi) is 2.99. The summed E-state index contributed by atoms with van der Waals surface area (Å²) in [4.78, 5) is 0. The van der Waals surface area contributed by atoms with Crippen LogP contribution in [0.4, 0.5) is 0 Å². The average Bonchev–Trinajstić information content (AvgIpc) is 2.08. The third kappa shape index (κ3) is 1.97. The lowest BCUT2D eigenvalue weighted by atomic mass is 10.0. The van der Waals surface area contributed by atoms with Crippen LogP contribution in [0.3, 0.4) is 0 Å². The summed E-state index contributed by atoms with van der Waals surface area (Å²) in [5.74, 6) is 0.147. The SMILES string of the molecule is CC(C)c1c[n+](C(C)C)cc(O)c1O. The summed E-state index contributed by atoms with van der Waals surface area (Å²) in [6.45, 7) is 8.03. The van der Waals surface area contributed by atoms with Gasteiger partial charge in [0, 0.05) is 0 Å². The maximum Gasteiger partial charge on any atom is 0.223 e. The Labute approximate surface area is 84.6 Å². The fourth-order valence-electron chi connectivity index (χ4n) is 1.33. The molecule has 0 aliphatic rings. The number of aromatic hydroxyl groups is 2. The van der Waals surface area contributed by atoms with Crippen molar-refractivity contribution >= 4 is 0 Å². The lowest BCUT2D eigenvalue weighted by molar-refractivity contribution is -0.717. The molecule has 2 N–H and O–H groups in total. The molecule has 0 atom stereocenters. The van der Waals surface area contributed by atoms with Crippen LogP contribution < -0.4 is 4.57 Å². The molecule has 3 nitrogen and oxygen atoms in total. The maximum absolute atomic E-state index is 9.61. The molecular formula is C11H18NO2+. The Hall–Kier alpha value is -1.25. The Morgan fingerprint density at radius 3 is 2.07 bits per heavy atom. The number of hydrogen-bond donors (Lipinski definition) is 2. The second-order valence-electron chi connectivity index (χ2n) is 4.14. The lowest BCUT2D eigenvalue weighted by Crippen LogP contribution is -2.35. The monoisotopic (exact) mass is 196 g/mol. The van der Waals surface area contributed by atoms with E-state index < -0.39 is 0 Å². The fourth-order valence-corrected chi connectivity index (χ4v) is 1.33. The van der Waals surface area contributed by atoms with E-state index in [0.29, 0.717) is 0 Å². The summed E-state index contributed by atoms with van der Waals surface area (Å²) < 4.78 is 1.89. The van der Waals surface area contributed by atoms with Crippen molar-refractivity contribution in [2.24, 2.45) is 0 Å². The molecule has 78 valence electrons. The highest BCUT2D eigenvalue weighted by Crippen LogP contribution is 2.31. The summed E-state index contributed by atoms with van der Waals surface area (Å²) in [7, 11) is 0. The predicted molar refractivity (Wildman–Crippen MR) is 54.4 cm³/mol. The van der Waals surface area contributed by atoms with E-state index in [9.17, 15) is 10.2 Å². The molecular weight excluding hydrogens is 178 g/mol. The molecule has 0 spiro atoms. The summed E-state index contributed by atoms with van der Waals surface area (Å²) in [6, 6.07) is 0.277. The molecule has 1 heterocycles. The van der Waals surface area contributed by atoms with Gasteiger partial charge >= 0.3 is 0 Å². The second-order valence-corrected chi connectivity index (χ2v) is 4.14. The summed E-state index contributed by atoms with van der Waals surface area (Å²) in [6.07, 6.45) is 3.43. The molecule has 0 fully saturated rings. The molecule has 0 bridgehead atoms. The molecule has 0 saturated heterocycles. The molecule has 1 aromatic heterocycles. The van der Waals surface area contributed by atoms with Crippen molar-refractivity contribution in [2.75, 3.05) is 0 Å². The largest absolute Gasteiger partial charge is 0.504 e. The first kappa shape index (κ1) is 10.8. The highest BCUT2D eigenvalue weighted by Gasteiger charge is 2.18. The fraction of sp³-hybridized carbons (Fsp3) is 0.545. The Balaban J connectivity index is 3.28. The molecule has 0 amide bonds. The molecule has 0 aromatic carbocycles. The van der Waals surface area contributed by atoms with Gasteiger partial charge in [-0.2, -0.15) is 4.57 Å². The van der Waals surface area contributed by atoms with Gasteiger partial charge in [-0.05, 0) is 19.8 Å². The van der Waals surface area contributed by atoms with Gasteiger partial charge in [0.15, 0.2) is 18.0 Å². The molecule has 0 saturated carbocycles. The molecule has 14 heavy (non-hydrogen) atoms. The smallest absolute Gasteiger partial charge is 0.223 e. The lowest BCUT2D eigenvalue weighted by Gasteiger charge is -2.09. The van der Waals surface area contributed by atoms with Crippen molar-refractivity contribution in [1.29, 1.82) is 0 Å². The first-order chi connectivity index (χ1) is 6.43. The van der Waals surface area contributed by atoms with E-state index in [1.165, 1.54) is 0 Å². The van der Waals surface area contributed by atoms with E-state index in [2.05, 4.69) is 0 Å². The van der Waals surface area contributed by atoms with Crippen molar-refractivity contribution in [1.82, 2.24) is 0 Å². The van der Waals surface area contributed by atoms with Gasteiger partial charge in [0.1, 0.15) is 0 Å². The summed E-state index contributed by atoms with van der Waals surface area (Å²) in [5.41, 5.74) is 0.777.